The van der Waals surface area contributed by atoms with Crippen LogP contribution in [0.25, 0.3) is 10.2 Å². The van der Waals surface area contributed by atoms with Crippen LogP contribution in [0.1, 0.15) is 10.4 Å². The second kappa shape index (κ2) is 7.54. The number of aromatic nitrogens is 1. The summed E-state index contributed by atoms with van der Waals surface area (Å²) in [6.45, 7) is 4.14. The van der Waals surface area contributed by atoms with Gasteiger partial charge >= 0.3 is 0 Å². The Morgan fingerprint density at radius 3 is 2.56 bits per heavy atom. The van der Waals surface area contributed by atoms with Crippen molar-refractivity contribution in [1.29, 1.82) is 0 Å². The van der Waals surface area contributed by atoms with Gasteiger partial charge in [-0.05, 0) is 49.5 Å². The lowest BCUT2D eigenvalue weighted by Crippen LogP contribution is -2.44. The maximum Gasteiger partial charge on any atom is 0.257 e. The first kappa shape index (κ1) is 17.8. The highest BCUT2D eigenvalue weighted by Crippen LogP contribution is 2.29. The van der Waals surface area contributed by atoms with Gasteiger partial charge < -0.3 is 14.5 Å². The largest absolute Gasteiger partial charge is 0.497 e. The molecule has 1 saturated heterocycles. The number of thiazole rings is 1. The number of likely N-dealkylation sites (N-methyl/N-ethyl adjacent to an activating group) is 1. The van der Waals surface area contributed by atoms with Crippen LogP contribution in [-0.2, 0) is 0 Å². The molecule has 0 saturated carbocycles. The topological polar surface area (TPSA) is 57.7 Å². The summed E-state index contributed by atoms with van der Waals surface area (Å²) in [6, 6.07) is 13.5. The van der Waals surface area contributed by atoms with Gasteiger partial charge in [-0.25, -0.2) is 4.98 Å². The zero-order valence-electron chi connectivity index (χ0n) is 15.4. The van der Waals surface area contributed by atoms with E-state index in [0.29, 0.717) is 10.7 Å². The van der Waals surface area contributed by atoms with Gasteiger partial charge in [0.1, 0.15) is 5.75 Å². The average molecular weight is 382 g/mol. The maximum absolute atomic E-state index is 12.6. The number of hydrogen-bond acceptors (Lipinski definition) is 6. The van der Waals surface area contributed by atoms with Crippen LogP contribution < -0.4 is 15.0 Å². The molecule has 1 N–H and O–H groups in total. The van der Waals surface area contributed by atoms with Crippen LogP contribution >= 0.6 is 11.3 Å². The third-order valence-electron chi connectivity index (χ3n) is 4.81. The molecule has 4 rings (SSSR count). The van der Waals surface area contributed by atoms with Crippen LogP contribution in [0, 0.1) is 0 Å². The van der Waals surface area contributed by atoms with Crippen molar-refractivity contribution in [3.63, 3.8) is 0 Å². The van der Waals surface area contributed by atoms with E-state index in [1.54, 1.807) is 7.11 Å². The molecule has 0 spiro atoms. The molecular formula is C20H22N4O2S. The van der Waals surface area contributed by atoms with Gasteiger partial charge in [-0.3, -0.25) is 10.1 Å². The predicted octanol–water partition coefficient (Wildman–Crippen LogP) is 3.31. The number of anilines is 2. The predicted molar refractivity (Wildman–Crippen MR) is 110 cm³/mol. The second-order valence-electron chi connectivity index (χ2n) is 6.64. The Morgan fingerprint density at radius 1 is 1.11 bits per heavy atom. The monoisotopic (exact) mass is 382 g/mol. The molecule has 2 heterocycles. The summed E-state index contributed by atoms with van der Waals surface area (Å²) >= 11 is 1.44. The van der Waals surface area contributed by atoms with Crippen LogP contribution in [0.5, 0.6) is 5.75 Å². The number of nitrogens with zero attached hydrogens (tertiary/aromatic N) is 3. The van der Waals surface area contributed by atoms with Crippen LogP contribution in [0.4, 0.5) is 10.8 Å². The van der Waals surface area contributed by atoms with E-state index in [1.165, 1.54) is 11.3 Å². The number of fused-ring (bicyclic) bond motifs is 1. The van der Waals surface area contributed by atoms with Crippen molar-refractivity contribution in [2.75, 3.05) is 50.6 Å². The number of benzene rings is 2. The number of rotatable bonds is 4. The summed E-state index contributed by atoms with van der Waals surface area (Å²) in [7, 11) is 3.78. The van der Waals surface area contributed by atoms with Crippen molar-refractivity contribution >= 4 is 38.3 Å². The quantitative estimate of drug-likeness (QED) is 0.750. The number of ether oxygens (including phenoxy) is 1. The molecule has 3 aromatic rings. The highest BCUT2D eigenvalue weighted by atomic mass is 32.1. The first-order chi connectivity index (χ1) is 13.1. The SMILES string of the molecule is COc1ccc2nc(NC(=O)c3ccc(N4CCN(C)CC4)cc3)sc2c1. The van der Waals surface area contributed by atoms with Crippen molar-refractivity contribution < 1.29 is 9.53 Å². The summed E-state index contributed by atoms with van der Waals surface area (Å²) in [6.07, 6.45) is 0. The number of piperazine rings is 1. The van der Waals surface area contributed by atoms with E-state index in [2.05, 4.69) is 27.1 Å². The highest BCUT2D eigenvalue weighted by molar-refractivity contribution is 7.22. The molecule has 2 aromatic carbocycles. The summed E-state index contributed by atoms with van der Waals surface area (Å²) in [4.78, 5) is 21.7. The lowest BCUT2D eigenvalue weighted by atomic mass is 10.1. The molecule has 1 aliphatic heterocycles. The minimum Gasteiger partial charge on any atom is -0.497 e. The molecule has 140 valence electrons. The molecule has 1 aliphatic rings. The van der Waals surface area contributed by atoms with Crippen molar-refractivity contribution in [2.45, 2.75) is 0 Å². The highest BCUT2D eigenvalue weighted by Gasteiger charge is 2.15. The van der Waals surface area contributed by atoms with E-state index < -0.39 is 0 Å². The zero-order chi connectivity index (χ0) is 18.8. The molecule has 1 fully saturated rings. The van der Waals surface area contributed by atoms with E-state index in [9.17, 15) is 4.79 Å². The molecule has 0 aliphatic carbocycles. The van der Waals surface area contributed by atoms with E-state index in [1.807, 2.05) is 42.5 Å². The number of amides is 1. The number of nitrogens with one attached hydrogen (secondary N) is 1. The number of hydrogen-bond donors (Lipinski definition) is 1. The smallest absolute Gasteiger partial charge is 0.257 e. The Bertz CT molecular complexity index is 946. The molecular weight excluding hydrogens is 360 g/mol. The van der Waals surface area contributed by atoms with Gasteiger partial charge in [0.2, 0.25) is 0 Å². The molecule has 6 nitrogen and oxygen atoms in total. The Hall–Kier alpha value is -2.64. The van der Waals surface area contributed by atoms with Crippen LogP contribution in [-0.4, -0.2) is 56.1 Å². The van der Waals surface area contributed by atoms with Gasteiger partial charge in [-0.2, -0.15) is 0 Å². The van der Waals surface area contributed by atoms with Gasteiger partial charge in [0.25, 0.3) is 5.91 Å². The second-order valence-corrected chi connectivity index (χ2v) is 7.67. The number of methoxy groups -OCH3 is 1. The molecule has 0 atom stereocenters. The van der Waals surface area contributed by atoms with E-state index in [4.69, 9.17) is 4.74 Å². The van der Waals surface area contributed by atoms with Gasteiger partial charge in [-0.1, -0.05) is 11.3 Å². The Labute approximate surface area is 162 Å². The number of carbonyl (C=O) groups excluding carboxylic acids is 1. The minimum absolute atomic E-state index is 0.147. The Morgan fingerprint density at radius 2 is 1.85 bits per heavy atom. The summed E-state index contributed by atoms with van der Waals surface area (Å²) in [5.74, 6) is 0.634. The maximum atomic E-state index is 12.6. The van der Waals surface area contributed by atoms with Gasteiger partial charge in [-0.15, -0.1) is 0 Å². The molecule has 27 heavy (non-hydrogen) atoms. The molecule has 1 aromatic heterocycles. The third-order valence-corrected chi connectivity index (χ3v) is 5.75. The summed E-state index contributed by atoms with van der Waals surface area (Å²) in [5.41, 5.74) is 2.64. The molecule has 1 amide bonds. The molecule has 7 heteroatoms. The van der Waals surface area contributed by atoms with E-state index in [-0.39, 0.29) is 5.91 Å². The number of carbonyl (C=O) groups is 1. The van der Waals surface area contributed by atoms with Crippen LogP contribution in [0.3, 0.4) is 0 Å². The van der Waals surface area contributed by atoms with Crippen molar-refractivity contribution in [3.05, 3.63) is 48.0 Å². The van der Waals surface area contributed by atoms with Crippen molar-refractivity contribution in [1.82, 2.24) is 9.88 Å². The van der Waals surface area contributed by atoms with Crippen molar-refractivity contribution in [3.8, 4) is 5.75 Å². The molecule has 0 radical (unpaired) electrons. The summed E-state index contributed by atoms with van der Waals surface area (Å²) in [5, 5.41) is 3.49. The summed E-state index contributed by atoms with van der Waals surface area (Å²) < 4.78 is 6.22. The first-order valence-corrected chi connectivity index (χ1v) is 9.73. The van der Waals surface area contributed by atoms with E-state index in [0.717, 1.165) is 47.8 Å². The fourth-order valence-electron chi connectivity index (χ4n) is 3.14. The third kappa shape index (κ3) is 3.89. The average Bonchev–Trinajstić information content (AvgIpc) is 3.10. The minimum atomic E-state index is -0.147. The standard InChI is InChI=1S/C20H22N4O2S/c1-23-9-11-24(12-10-23)15-5-3-14(4-6-15)19(25)22-20-21-17-8-7-16(26-2)13-18(17)27-20/h3-8,13H,9-12H2,1-2H3,(H,21,22,25). The fraction of sp³-hybridized carbons (Fsp3) is 0.300. The van der Waals surface area contributed by atoms with Crippen LogP contribution in [0.15, 0.2) is 42.5 Å². The van der Waals surface area contributed by atoms with Gasteiger partial charge in [0.15, 0.2) is 5.13 Å². The lowest BCUT2D eigenvalue weighted by Gasteiger charge is -2.34. The lowest BCUT2D eigenvalue weighted by molar-refractivity contribution is 0.102. The molecule has 0 unspecified atom stereocenters. The van der Waals surface area contributed by atoms with E-state index >= 15 is 0 Å². The van der Waals surface area contributed by atoms with Crippen molar-refractivity contribution in [2.24, 2.45) is 0 Å². The Kier molecular flexibility index (Phi) is 4.96. The van der Waals surface area contributed by atoms with Crippen LogP contribution in [0.2, 0.25) is 0 Å². The first-order valence-electron chi connectivity index (χ1n) is 8.92. The zero-order valence-corrected chi connectivity index (χ0v) is 16.3. The normalized spacial score (nSPS) is 15.1. The Balaban J connectivity index is 1.45. The van der Waals surface area contributed by atoms with Gasteiger partial charge in [0, 0.05) is 37.4 Å². The fourth-order valence-corrected chi connectivity index (χ4v) is 4.03. The molecule has 0 bridgehead atoms. The van der Waals surface area contributed by atoms with Gasteiger partial charge in [0.05, 0.1) is 17.3 Å².